The lowest BCUT2D eigenvalue weighted by Crippen LogP contribution is -2.32. The predicted octanol–water partition coefficient (Wildman–Crippen LogP) is 2.72. The van der Waals surface area contributed by atoms with Crippen LogP contribution in [0.15, 0.2) is 27.4 Å². The predicted molar refractivity (Wildman–Crippen MR) is 112 cm³/mol. The summed E-state index contributed by atoms with van der Waals surface area (Å²) < 4.78 is 28.4. The lowest BCUT2D eigenvalue weighted by atomic mass is 10.2. The van der Waals surface area contributed by atoms with Gasteiger partial charge in [0.05, 0.1) is 10.6 Å². The summed E-state index contributed by atoms with van der Waals surface area (Å²) in [7, 11) is -3.58. The Kier molecular flexibility index (Phi) is 6.91. The maximum absolute atomic E-state index is 13.1. The molecule has 0 bridgehead atoms. The number of hydrogen-bond donors (Lipinski definition) is 2. The molecular formula is C17H23N5O3S3. The van der Waals surface area contributed by atoms with Gasteiger partial charge in [0.1, 0.15) is 0 Å². The van der Waals surface area contributed by atoms with Gasteiger partial charge in [0.15, 0.2) is 4.34 Å². The van der Waals surface area contributed by atoms with Crippen molar-refractivity contribution >= 4 is 49.8 Å². The molecule has 0 aliphatic carbocycles. The van der Waals surface area contributed by atoms with Gasteiger partial charge in [-0.05, 0) is 37.5 Å². The van der Waals surface area contributed by atoms with Crippen LogP contribution in [-0.4, -0.2) is 47.7 Å². The van der Waals surface area contributed by atoms with E-state index in [4.69, 9.17) is 5.73 Å². The third-order valence-electron chi connectivity index (χ3n) is 4.40. The minimum atomic E-state index is -3.58. The molecule has 1 aliphatic heterocycles. The Bertz CT molecular complexity index is 937. The number of thioether (sulfide) groups is 1. The molecule has 3 N–H and O–H groups in total. The Labute approximate surface area is 173 Å². The van der Waals surface area contributed by atoms with E-state index in [1.807, 2.05) is 0 Å². The molecule has 0 unspecified atom stereocenters. The maximum Gasteiger partial charge on any atom is 0.243 e. The van der Waals surface area contributed by atoms with E-state index < -0.39 is 10.0 Å². The lowest BCUT2D eigenvalue weighted by molar-refractivity contribution is -0.113. The largest absolute Gasteiger partial charge is 0.374 e. The first-order chi connectivity index (χ1) is 13.4. The number of benzene rings is 1. The molecule has 1 amide bonds. The monoisotopic (exact) mass is 441 g/mol. The normalized spacial score (nSPS) is 15.9. The molecule has 28 heavy (non-hydrogen) atoms. The highest BCUT2D eigenvalue weighted by Gasteiger charge is 2.27. The summed E-state index contributed by atoms with van der Waals surface area (Å²) in [5.41, 5.74) is 6.65. The third kappa shape index (κ3) is 5.22. The highest BCUT2D eigenvalue weighted by atomic mass is 32.2. The van der Waals surface area contributed by atoms with Gasteiger partial charge in [-0.15, -0.1) is 10.2 Å². The van der Waals surface area contributed by atoms with E-state index in [9.17, 15) is 13.2 Å². The summed E-state index contributed by atoms with van der Waals surface area (Å²) in [6, 6.07) is 4.97. The van der Waals surface area contributed by atoms with Crippen LogP contribution in [0.5, 0.6) is 0 Å². The number of aryl methyl sites for hydroxylation is 1. The van der Waals surface area contributed by atoms with Gasteiger partial charge in [0.2, 0.25) is 21.1 Å². The molecule has 0 saturated carbocycles. The van der Waals surface area contributed by atoms with Crippen molar-refractivity contribution in [1.29, 1.82) is 0 Å². The van der Waals surface area contributed by atoms with Gasteiger partial charge in [0.25, 0.3) is 0 Å². The first-order valence-corrected chi connectivity index (χ1v) is 12.2. The van der Waals surface area contributed by atoms with Crippen LogP contribution in [-0.2, 0) is 14.8 Å². The van der Waals surface area contributed by atoms with Crippen molar-refractivity contribution in [2.24, 2.45) is 0 Å². The zero-order valence-electron chi connectivity index (χ0n) is 15.6. The number of carbonyl (C=O) groups is 1. The number of carbonyl (C=O) groups excluding carboxylic acids is 1. The molecule has 3 rings (SSSR count). The minimum absolute atomic E-state index is 0.136. The van der Waals surface area contributed by atoms with Crippen LogP contribution in [0.1, 0.15) is 31.2 Å². The van der Waals surface area contributed by atoms with Gasteiger partial charge >= 0.3 is 0 Å². The summed E-state index contributed by atoms with van der Waals surface area (Å²) >= 11 is 2.45. The summed E-state index contributed by atoms with van der Waals surface area (Å²) in [6.45, 7) is 2.85. The van der Waals surface area contributed by atoms with Gasteiger partial charge < -0.3 is 11.1 Å². The molecule has 11 heteroatoms. The van der Waals surface area contributed by atoms with Crippen molar-refractivity contribution < 1.29 is 13.2 Å². The maximum atomic E-state index is 13.1. The van der Waals surface area contributed by atoms with Gasteiger partial charge in [-0.3, -0.25) is 4.79 Å². The van der Waals surface area contributed by atoms with Crippen molar-refractivity contribution in [2.45, 2.75) is 41.8 Å². The van der Waals surface area contributed by atoms with Crippen LogP contribution in [0.25, 0.3) is 0 Å². The molecular weight excluding hydrogens is 418 g/mol. The van der Waals surface area contributed by atoms with Crippen LogP contribution in [0.3, 0.4) is 0 Å². The molecule has 1 fully saturated rings. The Hall–Kier alpha value is -1.69. The average molecular weight is 442 g/mol. The number of hydrogen-bond acceptors (Lipinski definition) is 8. The van der Waals surface area contributed by atoms with E-state index in [1.54, 1.807) is 29.4 Å². The Morgan fingerprint density at radius 3 is 2.61 bits per heavy atom. The number of nitrogens with one attached hydrogen (secondary N) is 1. The molecule has 152 valence electrons. The first-order valence-electron chi connectivity index (χ1n) is 8.99. The number of aromatic nitrogens is 2. The number of nitrogens with two attached hydrogens (primary N) is 1. The van der Waals surface area contributed by atoms with E-state index in [0.717, 1.165) is 25.7 Å². The number of nitrogen functional groups attached to an aromatic ring is 1. The summed E-state index contributed by atoms with van der Waals surface area (Å²) in [4.78, 5) is 12.5. The fourth-order valence-corrected chi connectivity index (χ4v) is 6.18. The molecule has 0 atom stereocenters. The first kappa shape index (κ1) is 21.0. The van der Waals surface area contributed by atoms with Crippen LogP contribution in [0.2, 0.25) is 0 Å². The molecule has 0 radical (unpaired) electrons. The molecule has 1 aromatic heterocycles. The van der Waals surface area contributed by atoms with Crippen molar-refractivity contribution in [1.82, 2.24) is 14.5 Å². The van der Waals surface area contributed by atoms with E-state index in [-0.39, 0.29) is 16.6 Å². The Morgan fingerprint density at radius 2 is 1.96 bits per heavy atom. The highest BCUT2D eigenvalue weighted by Crippen LogP contribution is 2.27. The number of rotatable bonds is 6. The van der Waals surface area contributed by atoms with Crippen LogP contribution in [0, 0.1) is 6.92 Å². The minimum Gasteiger partial charge on any atom is -0.374 e. The van der Waals surface area contributed by atoms with E-state index >= 15 is 0 Å². The number of amides is 1. The van der Waals surface area contributed by atoms with E-state index in [0.29, 0.717) is 33.8 Å². The summed E-state index contributed by atoms with van der Waals surface area (Å²) in [5.74, 6) is -0.114. The number of sulfonamides is 1. The SMILES string of the molecule is Cc1ccc(NC(=O)CSc2nnc(N)s2)cc1S(=O)(=O)N1CCCCCC1. The fourth-order valence-electron chi connectivity index (χ4n) is 2.98. The Balaban J connectivity index is 1.70. The van der Waals surface area contributed by atoms with Crippen molar-refractivity contribution in [3.63, 3.8) is 0 Å². The molecule has 0 spiro atoms. The van der Waals surface area contributed by atoms with Gasteiger partial charge in [0, 0.05) is 18.8 Å². The summed E-state index contributed by atoms with van der Waals surface area (Å²) in [5, 5.41) is 10.7. The molecule has 2 aromatic rings. The molecule has 1 aromatic carbocycles. The van der Waals surface area contributed by atoms with Gasteiger partial charge in [-0.1, -0.05) is 42.0 Å². The smallest absolute Gasteiger partial charge is 0.243 e. The third-order valence-corrected chi connectivity index (χ3v) is 8.33. The molecule has 1 aliphatic rings. The number of nitrogens with zero attached hydrogens (tertiary/aromatic N) is 3. The lowest BCUT2D eigenvalue weighted by Gasteiger charge is -2.21. The van der Waals surface area contributed by atoms with Crippen molar-refractivity contribution in [3.05, 3.63) is 23.8 Å². The summed E-state index contributed by atoms with van der Waals surface area (Å²) in [6.07, 6.45) is 3.86. The second kappa shape index (κ2) is 9.21. The molecule has 8 nitrogen and oxygen atoms in total. The quantitative estimate of drug-likeness (QED) is 0.662. The second-order valence-corrected chi connectivity index (χ2v) is 10.7. The fraction of sp³-hybridized carbons (Fsp3) is 0.471. The highest BCUT2D eigenvalue weighted by molar-refractivity contribution is 8.01. The van der Waals surface area contributed by atoms with Gasteiger partial charge in [-0.2, -0.15) is 4.31 Å². The Morgan fingerprint density at radius 1 is 1.25 bits per heavy atom. The standard InChI is InChI=1S/C17H23N5O3S3/c1-12-6-7-13(19-15(23)11-26-17-21-20-16(18)27-17)10-14(12)28(24,25)22-8-4-2-3-5-9-22/h6-7,10H,2-5,8-9,11H2,1H3,(H2,18,20)(H,19,23). The van der Waals surface area contributed by atoms with Crippen LogP contribution >= 0.6 is 23.1 Å². The zero-order chi connectivity index (χ0) is 20.1. The van der Waals surface area contributed by atoms with Crippen LogP contribution in [0.4, 0.5) is 10.8 Å². The molecule has 1 saturated heterocycles. The second-order valence-electron chi connectivity index (χ2n) is 6.54. The average Bonchev–Trinajstić information content (AvgIpc) is 2.90. The van der Waals surface area contributed by atoms with E-state index in [1.165, 1.54) is 23.1 Å². The topological polar surface area (TPSA) is 118 Å². The van der Waals surface area contributed by atoms with E-state index in [2.05, 4.69) is 15.5 Å². The van der Waals surface area contributed by atoms with Crippen molar-refractivity contribution in [2.75, 3.05) is 29.9 Å². The van der Waals surface area contributed by atoms with Crippen LogP contribution < -0.4 is 11.1 Å². The van der Waals surface area contributed by atoms with Crippen molar-refractivity contribution in [3.8, 4) is 0 Å². The molecule has 2 heterocycles. The van der Waals surface area contributed by atoms with Gasteiger partial charge in [-0.25, -0.2) is 8.42 Å². The zero-order valence-corrected chi connectivity index (χ0v) is 18.0. The number of anilines is 2.